The number of anilines is 2. The Bertz CT molecular complexity index is 1310. The number of hydrogen-bond acceptors (Lipinski definition) is 6. The molecule has 0 radical (unpaired) electrons. The van der Waals surface area contributed by atoms with E-state index >= 15 is 0 Å². The van der Waals surface area contributed by atoms with Gasteiger partial charge in [-0.15, -0.1) is 0 Å². The highest BCUT2D eigenvalue weighted by Crippen LogP contribution is 2.38. The Labute approximate surface area is 202 Å². The van der Waals surface area contributed by atoms with Crippen molar-refractivity contribution >= 4 is 40.9 Å². The Morgan fingerprint density at radius 2 is 1.53 bits per heavy atom. The number of benzene rings is 3. The van der Waals surface area contributed by atoms with Crippen molar-refractivity contribution in [1.82, 2.24) is 0 Å². The summed E-state index contributed by atoms with van der Waals surface area (Å²) >= 11 is 1.25. The number of nitrogens with one attached hydrogen (secondary N) is 1. The fourth-order valence-electron chi connectivity index (χ4n) is 3.50. The summed E-state index contributed by atoms with van der Waals surface area (Å²) in [6, 6.07) is 19.8. The third kappa shape index (κ3) is 4.61. The van der Waals surface area contributed by atoms with Crippen LogP contribution in [0.3, 0.4) is 0 Å². The van der Waals surface area contributed by atoms with Gasteiger partial charge in [-0.2, -0.15) is 0 Å². The highest BCUT2D eigenvalue weighted by Gasteiger charge is 2.40. The molecule has 0 fully saturated rings. The lowest BCUT2D eigenvalue weighted by Gasteiger charge is -2.16. The van der Waals surface area contributed by atoms with E-state index in [1.165, 1.54) is 31.0 Å². The first-order valence-electron chi connectivity index (χ1n) is 10.7. The van der Waals surface area contributed by atoms with Gasteiger partial charge in [-0.05, 0) is 80.4 Å². The average Bonchev–Trinajstić information content (AvgIpc) is 3.06. The van der Waals surface area contributed by atoms with Crippen LogP contribution in [0.5, 0.6) is 0 Å². The van der Waals surface area contributed by atoms with Gasteiger partial charge in [0.15, 0.2) is 0 Å². The average molecular weight is 473 g/mol. The number of ether oxygens (including phenoxy) is 1. The van der Waals surface area contributed by atoms with Gasteiger partial charge in [0.1, 0.15) is 10.6 Å². The zero-order valence-electron chi connectivity index (χ0n) is 19.3. The minimum Gasteiger partial charge on any atom is -0.465 e. The first kappa shape index (κ1) is 23.3. The SMILES string of the molecule is COC(=O)c1ccc(N2C(=O)C(Nc3ccc(C)c(C)c3)=C(Sc3ccc(C)cc3)C2=O)cc1. The van der Waals surface area contributed by atoms with E-state index in [1.54, 1.807) is 12.1 Å². The van der Waals surface area contributed by atoms with Gasteiger partial charge in [0.25, 0.3) is 11.8 Å². The first-order valence-corrected chi connectivity index (χ1v) is 11.5. The lowest BCUT2D eigenvalue weighted by molar-refractivity contribution is -0.120. The molecule has 6 nitrogen and oxygen atoms in total. The lowest BCUT2D eigenvalue weighted by Crippen LogP contribution is -2.32. The van der Waals surface area contributed by atoms with Gasteiger partial charge in [0.2, 0.25) is 0 Å². The molecule has 7 heteroatoms. The zero-order valence-corrected chi connectivity index (χ0v) is 20.2. The minimum atomic E-state index is -0.489. The predicted octanol–water partition coefficient (Wildman–Crippen LogP) is 5.39. The Morgan fingerprint density at radius 3 is 2.15 bits per heavy atom. The number of rotatable bonds is 6. The largest absolute Gasteiger partial charge is 0.465 e. The molecule has 172 valence electrons. The third-order valence-electron chi connectivity index (χ3n) is 5.61. The number of nitrogens with zero attached hydrogens (tertiary/aromatic N) is 1. The Morgan fingerprint density at radius 1 is 0.853 bits per heavy atom. The van der Waals surface area contributed by atoms with E-state index in [1.807, 2.05) is 63.2 Å². The number of amides is 2. The maximum Gasteiger partial charge on any atom is 0.337 e. The van der Waals surface area contributed by atoms with E-state index in [0.717, 1.165) is 32.2 Å². The molecule has 3 aromatic carbocycles. The van der Waals surface area contributed by atoms with Gasteiger partial charge in [-0.1, -0.05) is 35.5 Å². The molecule has 1 aliphatic heterocycles. The smallest absolute Gasteiger partial charge is 0.337 e. The van der Waals surface area contributed by atoms with Crippen molar-refractivity contribution in [3.8, 4) is 0 Å². The minimum absolute atomic E-state index is 0.218. The van der Waals surface area contributed by atoms with Crippen LogP contribution in [0.15, 0.2) is 82.2 Å². The molecule has 2 amide bonds. The monoisotopic (exact) mass is 472 g/mol. The zero-order chi connectivity index (χ0) is 24.4. The van der Waals surface area contributed by atoms with E-state index in [4.69, 9.17) is 4.74 Å². The summed E-state index contributed by atoms with van der Waals surface area (Å²) in [4.78, 5) is 41.0. The molecule has 0 bridgehead atoms. The quantitative estimate of drug-likeness (QED) is 0.383. The highest BCUT2D eigenvalue weighted by atomic mass is 32.2. The standard InChI is InChI=1S/C27H24N2O4S/c1-16-5-13-22(14-6-16)34-24-23(28-20-10-7-17(2)18(3)15-20)25(30)29(26(24)31)21-11-8-19(9-12-21)27(32)33-4/h5-15,28H,1-4H3. The van der Waals surface area contributed by atoms with Crippen molar-refractivity contribution in [3.63, 3.8) is 0 Å². The van der Waals surface area contributed by atoms with Gasteiger partial charge in [0.05, 0.1) is 18.4 Å². The molecule has 0 atom stereocenters. The van der Waals surface area contributed by atoms with Crippen LogP contribution in [0.4, 0.5) is 11.4 Å². The summed E-state index contributed by atoms with van der Waals surface area (Å²) in [7, 11) is 1.30. The molecular weight excluding hydrogens is 448 g/mol. The van der Waals surface area contributed by atoms with Crippen molar-refractivity contribution in [1.29, 1.82) is 0 Å². The number of carbonyl (C=O) groups is 3. The Kier molecular flexibility index (Phi) is 6.56. The maximum atomic E-state index is 13.5. The van der Waals surface area contributed by atoms with Crippen LogP contribution in [-0.4, -0.2) is 24.9 Å². The van der Waals surface area contributed by atoms with Gasteiger partial charge in [-0.25, -0.2) is 9.69 Å². The molecule has 0 unspecified atom stereocenters. The van der Waals surface area contributed by atoms with Crippen LogP contribution in [-0.2, 0) is 14.3 Å². The number of thioether (sulfide) groups is 1. The van der Waals surface area contributed by atoms with E-state index < -0.39 is 17.8 Å². The first-order chi connectivity index (χ1) is 16.3. The summed E-state index contributed by atoms with van der Waals surface area (Å²) < 4.78 is 4.73. The molecule has 1 heterocycles. The Balaban J connectivity index is 1.72. The van der Waals surface area contributed by atoms with Crippen molar-refractivity contribution < 1.29 is 19.1 Å². The van der Waals surface area contributed by atoms with Crippen LogP contribution in [0.2, 0.25) is 0 Å². The summed E-state index contributed by atoms with van der Waals surface area (Å²) in [5.41, 5.74) is 4.97. The van der Waals surface area contributed by atoms with E-state index in [9.17, 15) is 14.4 Å². The summed E-state index contributed by atoms with van der Waals surface area (Å²) in [5, 5.41) is 3.18. The molecule has 1 aliphatic rings. The van der Waals surface area contributed by atoms with Crippen LogP contribution in [0, 0.1) is 20.8 Å². The fourth-order valence-corrected chi connectivity index (χ4v) is 4.43. The molecule has 0 spiro atoms. The molecule has 3 aromatic rings. The van der Waals surface area contributed by atoms with Gasteiger partial charge in [-0.3, -0.25) is 9.59 Å². The molecule has 4 rings (SSSR count). The lowest BCUT2D eigenvalue weighted by atomic mass is 10.1. The number of imide groups is 1. The number of esters is 1. The predicted molar refractivity (Wildman–Crippen MR) is 134 cm³/mol. The molecule has 1 N–H and O–H groups in total. The summed E-state index contributed by atoms with van der Waals surface area (Å²) in [6.07, 6.45) is 0. The number of aryl methyl sites for hydroxylation is 3. The van der Waals surface area contributed by atoms with E-state index in [-0.39, 0.29) is 5.70 Å². The topological polar surface area (TPSA) is 75.7 Å². The van der Waals surface area contributed by atoms with Gasteiger partial charge < -0.3 is 10.1 Å². The van der Waals surface area contributed by atoms with Crippen LogP contribution < -0.4 is 10.2 Å². The van der Waals surface area contributed by atoms with Gasteiger partial charge in [0, 0.05) is 10.6 Å². The van der Waals surface area contributed by atoms with Crippen molar-refractivity contribution in [3.05, 3.63) is 99.6 Å². The van der Waals surface area contributed by atoms with Gasteiger partial charge >= 0.3 is 5.97 Å². The number of methoxy groups -OCH3 is 1. The molecule has 0 saturated heterocycles. The van der Waals surface area contributed by atoms with Crippen molar-refractivity contribution in [2.75, 3.05) is 17.3 Å². The van der Waals surface area contributed by atoms with Crippen LogP contribution >= 0.6 is 11.8 Å². The maximum absolute atomic E-state index is 13.5. The Hall–Kier alpha value is -3.84. The second kappa shape index (κ2) is 9.57. The summed E-state index contributed by atoms with van der Waals surface area (Å²) in [5.74, 6) is -1.37. The van der Waals surface area contributed by atoms with Crippen molar-refractivity contribution in [2.45, 2.75) is 25.7 Å². The second-order valence-electron chi connectivity index (χ2n) is 8.03. The second-order valence-corrected chi connectivity index (χ2v) is 9.11. The molecule has 0 aromatic heterocycles. The van der Waals surface area contributed by atoms with Crippen molar-refractivity contribution in [2.24, 2.45) is 0 Å². The number of hydrogen-bond donors (Lipinski definition) is 1. The fraction of sp³-hybridized carbons (Fsp3) is 0.148. The number of carbonyl (C=O) groups excluding carboxylic acids is 3. The molecule has 0 saturated carbocycles. The van der Waals surface area contributed by atoms with Crippen LogP contribution in [0.1, 0.15) is 27.0 Å². The molecule has 0 aliphatic carbocycles. The molecular formula is C27H24N2O4S. The molecule has 34 heavy (non-hydrogen) atoms. The van der Waals surface area contributed by atoms with E-state index in [2.05, 4.69) is 5.32 Å². The van der Waals surface area contributed by atoms with Crippen LogP contribution in [0.25, 0.3) is 0 Å². The normalized spacial score (nSPS) is 13.5. The highest BCUT2D eigenvalue weighted by molar-refractivity contribution is 8.04. The summed E-state index contributed by atoms with van der Waals surface area (Å²) in [6.45, 7) is 6.00. The van der Waals surface area contributed by atoms with E-state index in [0.29, 0.717) is 16.2 Å². The third-order valence-corrected chi connectivity index (χ3v) is 6.70.